The molecule has 0 aromatic carbocycles. The van der Waals surface area contributed by atoms with Gasteiger partial charge in [0.05, 0.1) is 6.10 Å². The van der Waals surface area contributed by atoms with Crippen molar-refractivity contribution in [2.24, 2.45) is 0 Å². The van der Waals surface area contributed by atoms with Crippen molar-refractivity contribution in [3.8, 4) is 0 Å². The lowest BCUT2D eigenvalue weighted by Crippen LogP contribution is -2.22. The monoisotopic (exact) mass is 168 g/mol. The maximum Gasteiger partial charge on any atom is 0.195 e. The largest absolute Gasteiger partial charge is 0.344 e. The van der Waals surface area contributed by atoms with E-state index in [1.165, 1.54) is 38.5 Å². The molecule has 2 bridgehead atoms. The first-order valence-electron chi connectivity index (χ1n) is 5.25. The summed E-state index contributed by atoms with van der Waals surface area (Å²) in [6, 6.07) is 0. The van der Waals surface area contributed by atoms with E-state index in [0.29, 0.717) is 12.2 Å². The summed E-state index contributed by atoms with van der Waals surface area (Å²) in [5.41, 5.74) is 0. The van der Waals surface area contributed by atoms with Gasteiger partial charge in [-0.3, -0.25) is 0 Å². The molecule has 3 saturated heterocycles. The predicted octanol–water partition coefficient (Wildman–Crippen LogP) is 2.22. The van der Waals surface area contributed by atoms with Crippen LogP contribution in [0.5, 0.6) is 0 Å². The molecular weight excluding hydrogens is 152 g/mol. The van der Waals surface area contributed by atoms with Crippen molar-refractivity contribution >= 4 is 0 Å². The van der Waals surface area contributed by atoms with Crippen LogP contribution in [0.3, 0.4) is 0 Å². The molecule has 2 nitrogen and oxygen atoms in total. The third-order valence-corrected chi connectivity index (χ3v) is 3.43. The maximum atomic E-state index is 6.01. The lowest BCUT2D eigenvalue weighted by atomic mass is 10.0. The maximum absolute atomic E-state index is 6.01. The number of ether oxygens (including phenoxy) is 2. The first-order chi connectivity index (χ1) is 5.89. The zero-order chi connectivity index (χ0) is 8.02. The SMILES string of the molecule is C1CCC23OC(C1)CCCC2O3. The Kier molecular flexibility index (Phi) is 1.50. The molecule has 1 spiro atoms. The van der Waals surface area contributed by atoms with E-state index >= 15 is 0 Å². The summed E-state index contributed by atoms with van der Waals surface area (Å²) in [7, 11) is 0. The molecule has 3 heterocycles. The van der Waals surface area contributed by atoms with Crippen LogP contribution in [-0.2, 0) is 9.47 Å². The van der Waals surface area contributed by atoms with Crippen LogP contribution in [-0.4, -0.2) is 18.0 Å². The number of hydrogen-bond donors (Lipinski definition) is 0. The average Bonchev–Trinajstić information content (AvgIpc) is 2.76. The van der Waals surface area contributed by atoms with Crippen LogP contribution >= 0.6 is 0 Å². The minimum absolute atomic E-state index is 0.0856. The van der Waals surface area contributed by atoms with E-state index in [0.717, 1.165) is 6.42 Å². The molecule has 0 saturated carbocycles. The molecule has 3 aliphatic rings. The molecular formula is C10H16O2. The van der Waals surface area contributed by atoms with Crippen LogP contribution in [0.1, 0.15) is 44.9 Å². The van der Waals surface area contributed by atoms with Crippen molar-refractivity contribution < 1.29 is 9.47 Å². The minimum Gasteiger partial charge on any atom is -0.344 e. The number of epoxide rings is 1. The molecule has 3 atom stereocenters. The lowest BCUT2D eigenvalue weighted by Gasteiger charge is -2.16. The Balaban J connectivity index is 1.82. The van der Waals surface area contributed by atoms with Gasteiger partial charge in [0.1, 0.15) is 6.10 Å². The highest BCUT2D eigenvalue weighted by atomic mass is 16.8. The van der Waals surface area contributed by atoms with E-state index < -0.39 is 0 Å². The van der Waals surface area contributed by atoms with E-state index in [9.17, 15) is 0 Å². The van der Waals surface area contributed by atoms with Gasteiger partial charge in [0, 0.05) is 6.42 Å². The summed E-state index contributed by atoms with van der Waals surface area (Å²) >= 11 is 0. The first-order valence-corrected chi connectivity index (χ1v) is 5.25. The summed E-state index contributed by atoms with van der Waals surface area (Å²) in [4.78, 5) is 0. The molecule has 0 aromatic heterocycles. The van der Waals surface area contributed by atoms with Gasteiger partial charge in [-0.05, 0) is 32.1 Å². The number of rotatable bonds is 0. The Morgan fingerprint density at radius 1 is 0.917 bits per heavy atom. The quantitative estimate of drug-likeness (QED) is 0.517. The topological polar surface area (TPSA) is 21.8 Å². The number of hydrogen-bond acceptors (Lipinski definition) is 2. The Morgan fingerprint density at radius 3 is 2.83 bits per heavy atom. The summed E-state index contributed by atoms with van der Waals surface area (Å²) in [5, 5.41) is 0. The van der Waals surface area contributed by atoms with Gasteiger partial charge < -0.3 is 9.47 Å². The normalized spacial score (nSPS) is 52.0. The van der Waals surface area contributed by atoms with Gasteiger partial charge in [0.25, 0.3) is 0 Å². The van der Waals surface area contributed by atoms with Crippen molar-refractivity contribution in [3.05, 3.63) is 0 Å². The van der Waals surface area contributed by atoms with Crippen molar-refractivity contribution in [2.75, 3.05) is 0 Å². The van der Waals surface area contributed by atoms with Crippen molar-refractivity contribution in [2.45, 2.75) is 62.9 Å². The van der Waals surface area contributed by atoms with Gasteiger partial charge >= 0.3 is 0 Å². The Labute approximate surface area is 73.2 Å². The standard InChI is InChI=1S/C10H16O2/c1-2-7-10-9(12-10)6-3-5-8(4-1)11-10/h8-9H,1-7H2. The fourth-order valence-electron chi connectivity index (χ4n) is 2.69. The Morgan fingerprint density at radius 2 is 1.83 bits per heavy atom. The highest BCUT2D eigenvalue weighted by Crippen LogP contribution is 2.50. The van der Waals surface area contributed by atoms with E-state index in [-0.39, 0.29) is 5.79 Å². The molecule has 0 N–H and O–H groups in total. The van der Waals surface area contributed by atoms with Gasteiger partial charge in [0.2, 0.25) is 0 Å². The molecule has 0 amide bonds. The van der Waals surface area contributed by atoms with Crippen LogP contribution < -0.4 is 0 Å². The van der Waals surface area contributed by atoms with Crippen LogP contribution in [0.2, 0.25) is 0 Å². The Hall–Kier alpha value is -0.0800. The third-order valence-electron chi connectivity index (χ3n) is 3.43. The van der Waals surface area contributed by atoms with Gasteiger partial charge in [-0.25, -0.2) is 0 Å². The van der Waals surface area contributed by atoms with Gasteiger partial charge in [-0.2, -0.15) is 0 Å². The van der Waals surface area contributed by atoms with Crippen LogP contribution in [0.15, 0.2) is 0 Å². The third kappa shape index (κ3) is 1.01. The molecule has 3 unspecified atom stereocenters. The van der Waals surface area contributed by atoms with Crippen LogP contribution in [0, 0.1) is 0 Å². The smallest absolute Gasteiger partial charge is 0.195 e. The van der Waals surface area contributed by atoms with Crippen molar-refractivity contribution in [3.63, 3.8) is 0 Å². The zero-order valence-electron chi connectivity index (χ0n) is 7.42. The van der Waals surface area contributed by atoms with E-state index in [2.05, 4.69) is 0 Å². The minimum atomic E-state index is -0.0856. The molecule has 3 fully saturated rings. The molecule has 0 radical (unpaired) electrons. The molecule has 12 heavy (non-hydrogen) atoms. The first kappa shape index (κ1) is 7.34. The van der Waals surface area contributed by atoms with Crippen LogP contribution in [0.4, 0.5) is 0 Å². The van der Waals surface area contributed by atoms with E-state index in [1.54, 1.807) is 0 Å². The second kappa shape index (κ2) is 2.46. The van der Waals surface area contributed by atoms with Crippen molar-refractivity contribution in [1.82, 2.24) is 0 Å². The fourth-order valence-corrected chi connectivity index (χ4v) is 2.69. The second-order valence-electron chi connectivity index (χ2n) is 4.33. The molecule has 68 valence electrons. The molecule has 0 aliphatic carbocycles. The molecule has 2 heteroatoms. The van der Waals surface area contributed by atoms with E-state index in [1.807, 2.05) is 0 Å². The molecule has 3 aliphatic heterocycles. The molecule has 3 rings (SSSR count). The van der Waals surface area contributed by atoms with Crippen molar-refractivity contribution in [1.29, 1.82) is 0 Å². The van der Waals surface area contributed by atoms with Gasteiger partial charge in [0.15, 0.2) is 5.79 Å². The average molecular weight is 168 g/mol. The van der Waals surface area contributed by atoms with E-state index in [4.69, 9.17) is 9.47 Å². The van der Waals surface area contributed by atoms with Gasteiger partial charge in [-0.1, -0.05) is 6.42 Å². The second-order valence-corrected chi connectivity index (χ2v) is 4.33. The summed E-state index contributed by atoms with van der Waals surface area (Å²) in [5.74, 6) is -0.0856. The Bertz CT molecular complexity index is 190. The highest BCUT2D eigenvalue weighted by Gasteiger charge is 2.59. The zero-order valence-corrected chi connectivity index (χ0v) is 7.42. The van der Waals surface area contributed by atoms with Crippen LogP contribution in [0.25, 0.3) is 0 Å². The summed E-state index contributed by atoms with van der Waals surface area (Å²) in [6.45, 7) is 0. The lowest BCUT2D eigenvalue weighted by molar-refractivity contribution is -0.0880. The predicted molar refractivity (Wildman–Crippen MR) is 44.8 cm³/mol. The summed E-state index contributed by atoms with van der Waals surface area (Å²) in [6.07, 6.45) is 9.82. The summed E-state index contributed by atoms with van der Waals surface area (Å²) < 4.78 is 11.7. The fraction of sp³-hybridized carbons (Fsp3) is 1.00. The highest BCUT2D eigenvalue weighted by molar-refractivity contribution is 4.98. The van der Waals surface area contributed by atoms with Gasteiger partial charge in [-0.15, -0.1) is 0 Å². The number of fused-ring (bicyclic) bond motifs is 1. The molecule has 0 aromatic rings.